The van der Waals surface area contributed by atoms with Gasteiger partial charge in [0.25, 0.3) is 5.89 Å². The minimum atomic E-state index is 0.246. The van der Waals surface area contributed by atoms with Crippen LogP contribution in [0.2, 0.25) is 0 Å². The molecule has 0 aliphatic carbocycles. The van der Waals surface area contributed by atoms with E-state index in [1.165, 1.54) is 12.8 Å². The molecule has 3 heterocycles. The quantitative estimate of drug-likeness (QED) is 0.886. The number of nitrogens with zero attached hydrogens (tertiary/aromatic N) is 3. The second-order valence-corrected chi connectivity index (χ2v) is 5.44. The number of aromatic nitrogens is 3. The average Bonchev–Trinajstić information content (AvgIpc) is 2.98. The van der Waals surface area contributed by atoms with Crippen LogP contribution in [0.25, 0.3) is 10.8 Å². The molecule has 0 aromatic carbocycles. The van der Waals surface area contributed by atoms with E-state index in [0.717, 1.165) is 28.7 Å². The lowest BCUT2D eigenvalue weighted by Gasteiger charge is -2.19. The van der Waals surface area contributed by atoms with Crippen molar-refractivity contribution < 1.29 is 4.52 Å². The van der Waals surface area contributed by atoms with Crippen LogP contribution in [-0.4, -0.2) is 21.7 Å². The van der Waals surface area contributed by atoms with Gasteiger partial charge >= 0.3 is 0 Å². The van der Waals surface area contributed by atoms with Crippen LogP contribution in [0.3, 0.4) is 0 Å². The van der Waals surface area contributed by atoms with Crippen LogP contribution in [0.4, 0.5) is 0 Å². The standard InChI is InChI=1S/C11H14N4OS/c1-7-13-6-9(17-7)11-14-10(15-16-11)8-4-2-3-5-12-8/h6,8,12H,2-5H2,1H3. The van der Waals surface area contributed by atoms with Gasteiger partial charge in [-0.2, -0.15) is 4.98 Å². The van der Waals surface area contributed by atoms with Gasteiger partial charge < -0.3 is 9.84 Å². The molecule has 0 spiro atoms. The van der Waals surface area contributed by atoms with Gasteiger partial charge in [-0.05, 0) is 26.3 Å². The molecule has 0 bridgehead atoms. The molecule has 6 heteroatoms. The Morgan fingerprint density at radius 1 is 1.47 bits per heavy atom. The molecular formula is C11H14N4OS. The minimum absolute atomic E-state index is 0.246. The van der Waals surface area contributed by atoms with Crippen LogP contribution in [0.15, 0.2) is 10.7 Å². The highest BCUT2D eigenvalue weighted by Crippen LogP contribution is 2.27. The summed E-state index contributed by atoms with van der Waals surface area (Å²) in [6.45, 7) is 3.00. The predicted octanol–water partition coefficient (Wildman–Crippen LogP) is 2.32. The first kappa shape index (κ1) is 10.9. The SMILES string of the molecule is Cc1ncc(-c2nc(C3CCCCN3)no2)s1. The third-order valence-corrected chi connectivity index (χ3v) is 3.80. The maximum atomic E-state index is 5.29. The number of rotatable bonds is 2. The van der Waals surface area contributed by atoms with Crippen molar-refractivity contribution in [2.24, 2.45) is 0 Å². The molecule has 5 nitrogen and oxygen atoms in total. The molecule has 1 aliphatic heterocycles. The van der Waals surface area contributed by atoms with Crippen LogP contribution in [0.5, 0.6) is 0 Å². The molecule has 1 N–H and O–H groups in total. The zero-order valence-corrected chi connectivity index (χ0v) is 10.5. The van der Waals surface area contributed by atoms with Crippen molar-refractivity contribution in [3.05, 3.63) is 17.0 Å². The Labute approximate surface area is 103 Å². The van der Waals surface area contributed by atoms with E-state index >= 15 is 0 Å². The molecule has 90 valence electrons. The van der Waals surface area contributed by atoms with E-state index in [1.807, 2.05) is 6.92 Å². The van der Waals surface area contributed by atoms with E-state index in [4.69, 9.17) is 4.52 Å². The summed E-state index contributed by atoms with van der Waals surface area (Å²) in [6, 6.07) is 0.246. The highest BCUT2D eigenvalue weighted by molar-refractivity contribution is 7.14. The zero-order valence-electron chi connectivity index (χ0n) is 9.64. The molecule has 1 aliphatic rings. The van der Waals surface area contributed by atoms with Crippen LogP contribution < -0.4 is 5.32 Å². The Morgan fingerprint density at radius 3 is 3.12 bits per heavy atom. The summed E-state index contributed by atoms with van der Waals surface area (Å²) >= 11 is 1.57. The second-order valence-electron chi connectivity index (χ2n) is 4.20. The molecule has 0 amide bonds. The number of hydrogen-bond acceptors (Lipinski definition) is 6. The largest absolute Gasteiger partial charge is 0.333 e. The van der Waals surface area contributed by atoms with E-state index in [2.05, 4.69) is 20.4 Å². The summed E-state index contributed by atoms with van der Waals surface area (Å²) in [7, 11) is 0. The van der Waals surface area contributed by atoms with Gasteiger partial charge in [0.2, 0.25) is 0 Å². The van der Waals surface area contributed by atoms with Crippen LogP contribution in [-0.2, 0) is 0 Å². The average molecular weight is 250 g/mol. The van der Waals surface area contributed by atoms with Gasteiger partial charge in [-0.25, -0.2) is 4.98 Å². The zero-order chi connectivity index (χ0) is 11.7. The van der Waals surface area contributed by atoms with E-state index in [1.54, 1.807) is 17.5 Å². The van der Waals surface area contributed by atoms with Crippen molar-refractivity contribution in [3.63, 3.8) is 0 Å². The molecule has 17 heavy (non-hydrogen) atoms. The van der Waals surface area contributed by atoms with Gasteiger partial charge in [0.1, 0.15) is 4.88 Å². The number of hydrogen-bond donors (Lipinski definition) is 1. The van der Waals surface area contributed by atoms with E-state index in [-0.39, 0.29) is 6.04 Å². The summed E-state index contributed by atoms with van der Waals surface area (Å²) in [4.78, 5) is 9.58. The summed E-state index contributed by atoms with van der Waals surface area (Å²) in [6.07, 6.45) is 5.32. The van der Waals surface area contributed by atoms with E-state index < -0.39 is 0 Å². The fourth-order valence-electron chi connectivity index (χ4n) is 2.01. The van der Waals surface area contributed by atoms with Crippen molar-refractivity contribution >= 4 is 11.3 Å². The number of aryl methyl sites for hydroxylation is 1. The predicted molar refractivity (Wildman–Crippen MR) is 64.7 cm³/mol. The molecule has 3 rings (SSSR count). The smallest absolute Gasteiger partial charge is 0.269 e. The summed E-state index contributed by atoms with van der Waals surface area (Å²) in [5, 5.41) is 8.47. The normalized spacial score (nSPS) is 20.6. The fourth-order valence-corrected chi connectivity index (χ4v) is 2.71. The topological polar surface area (TPSA) is 63.8 Å². The Hall–Kier alpha value is -1.27. The van der Waals surface area contributed by atoms with Crippen molar-refractivity contribution in [2.75, 3.05) is 6.54 Å². The fraction of sp³-hybridized carbons (Fsp3) is 0.545. The van der Waals surface area contributed by atoms with Gasteiger partial charge in [0.05, 0.1) is 17.2 Å². The van der Waals surface area contributed by atoms with Crippen molar-refractivity contribution in [1.29, 1.82) is 0 Å². The molecule has 1 unspecified atom stereocenters. The number of thiazole rings is 1. The molecule has 1 fully saturated rings. The van der Waals surface area contributed by atoms with E-state index in [0.29, 0.717) is 5.89 Å². The lowest BCUT2D eigenvalue weighted by Crippen LogP contribution is -2.27. The first-order valence-electron chi connectivity index (χ1n) is 5.83. The van der Waals surface area contributed by atoms with Crippen LogP contribution in [0.1, 0.15) is 36.1 Å². The van der Waals surface area contributed by atoms with Gasteiger partial charge in [-0.15, -0.1) is 11.3 Å². The molecule has 2 aromatic heterocycles. The van der Waals surface area contributed by atoms with Crippen molar-refractivity contribution in [1.82, 2.24) is 20.4 Å². The van der Waals surface area contributed by atoms with Gasteiger partial charge in [-0.3, -0.25) is 0 Å². The van der Waals surface area contributed by atoms with Crippen molar-refractivity contribution in [3.8, 4) is 10.8 Å². The number of piperidine rings is 1. The lowest BCUT2D eigenvalue weighted by molar-refractivity contribution is 0.367. The molecule has 1 saturated heterocycles. The molecular weight excluding hydrogens is 236 g/mol. The first-order chi connectivity index (χ1) is 8.33. The Balaban J connectivity index is 1.82. The highest BCUT2D eigenvalue weighted by Gasteiger charge is 2.21. The Bertz CT molecular complexity index is 501. The summed E-state index contributed by atoms with van der Waals surface area (Å²) < 4.78 is 5.29. The minimum Gasteiger partial charge on any atom is -0.333 e. The maximum Gasteiger partial charge on any atom is 0.269 e. The third-order valence-electron chi connectivity index (χ3n) is 2.90. The number of nitrogens with one attached hydrogen (secondary N) is 1. The van der Waals surface area contributed by atoms with Crippen LogP contribution in [0, 0.1) is 6.92 Å². The Morgan fingerprint density at radius 2 is 2.41 bits per heavy atom. The Kier molecular flexibility index (Phi) is 2.90. The first-order valence-corrected chi connectivity index (χ1v) is 6.64. The van der Waals surface area contributed by atoms with Gasteiger partial charge in [-0.1, -0.05) is 11.6 Å². The highest BCUT2D eigenvalue weighted by atomic mass is 32.1. The summed E-state index contributed by atoms with van der Waals surface area (Å²) in [5.41, 5.74) is 0. The molecule has 2 aromatic rings. The van der Waals surface area contributed by atoms with Crippen molar-refractivity contribution in [2.45, 2.75) is 32.2 Å². The molecule has 0 radical (unpaired) electrons. The second kappa shape index (κ2) is 4.54. The van der Waals surface area contributed by atoms with Crippen LogP contribution >= 0.6 is 11.3 Å². The molecule has 0 saturated carbocycles. The van der Waals surface area contributed by atoms with Gasteiger partial charge in [0.15, 0.2) is 5.82 Å². The molecule has 1 atom stereocenters. The lowest BCUT2D eigenvalue weighted by atomic mass is 10.0. The third kappa shape index (κ3) is 2.23. The van der Waals surface area contributed by atoms with Gasteiger partial charge in [0, 0.05) is 0 Å². The maximum absolute atomic E-state index is 5.29. The van der Waals surface area contributed by atoms with E-state index in [9.17, 15) is 0 Å². The monoisotopic (exact) mass is 250 g/mol. The summed E-state index contributed by atoms with van der Waals surface area (Å²) in [5.74, 6) is 1.35.